The van der Waals surface area contributed by atoms with Crippen LogP contribution in [0.5, 0.6) is 0 Å². The molecular weight excluding hydrogens is 419 g/mol. The molecule has 0 amide bonds. The molecule has 1 unspecified atom stereocenters. The Balaban J connectivity index is 0.00000288. The SMILES string of the molecule is CCNC(=NCC(O)c1ccncc1)NCCCOCC1CC1.I. The van der Waals surface area contributed by atoms with Crippen molar-refractivity contribution in [2.75, 3.05) is 32.8 Å². The van der Waals surface area contributed by atoms with Gasteiger partial charge in [-0.2, -0.15) is 0 Å². The first-order valence-corrected chi connectivity index (χ1v) is 8.47. The van der Waals surface area contributed by atoms with E-state index in [-0.39, 0.29) is 24.0 Å². The molecule has 6 nitrogen and oxygen atoms in total. The number of aliphatic imine (C=N–C) groups is 1. The molecule has 3 N–H and O–H groups in total. The third-order valence-corrected chi connectivity index (χ3v) is 3.67. The van der Waals surface area contributed by atoms with Gasteiger partial charge in [-0.3, -0.25) is 9.98 Å². The number of aromatic nitrogens is 1. The molecule has 1 heterocycles. The first kappa shape index (κ1) is 21.1. The maximum atomic E-state index is 10.1. The predicted octanol–water partition coefficient (Wildman–Crippen LogP) is 2.10. The standard InChI is InChI=1S/C17H28N4O2.HI/c1-2-19-17(20-8-3-11-23-13-14-4-5-14)21-12-16(22)15-6-9-18-10-7-15;/h6-7,9-10,14,16,22H,2-5,8,11-13H2,1H3,(H2,19,20,21);1H. The van der Waals surface area contributed by atoms with Crippen molar-refractivity contribution in [2.24, 2.45) is 10.9 Å². The van der Waals surface area contributed by atoms with Gasteiger partial charge in [0.25, 0.3) is 0 Å². The van der Waals surface area contributed by atoms with Crippen LogP contribution in [0.2, 0.25) is 0 Å². The zero-order valence-corrected chi connectivity index (χ0v) is 16.6. The molecule has 0 radical (unpaired) electrons. The molecule has 1 aliphatic rings. The van der Waals surface area contributed by atoms with Crippen LogP contribution < -0.4 is 10.6 Å². The maximum absolute atomic E-state index is 10.1. The Morgan fingerprint density at radius 1 is 1.38 bits per heavy atom. The first-order valence-electron chi connectivity index (χ1n) is 8.47. The van der Waals surface area contributed by atoms with E-state index >= 15 is 0 Å². The van der Waals surface area contributed by atoms with Crippen molar-refractivity contribution >= 4 is 29.9 Å². The molecule has 136 valence electrons. The molecule has 7 heteroatoms. The second-order valence-corrected chi connectivity index (χ2v) is 5.81. The summed E-state index contributed by atoms with van der Waals surface area (Å²) in [6.45, 7) is 5.62. The van der Waals surface area contributed by atoms with Crippen molar-refractivity contribution in [3.05, 3.63) is 30.1 Å². The summed E-state index contributed by atoms with van der Waals surface area (Å²) >= 11 is 0. The molecule has 0 aromatic carbocycles. The maximum Gasteiger partial charge on any atom is 0.191 e. The Morgan fingerprint density at radius 2 is 2.12 bits per heavy atom. The highest BCUT2D eigenvalue weighted by molar-refractivity contribution is 14.0. The van der Waals surface area contributed by atoms with Crippen LogP contribution in [0.3, 0.4) is 0 Å². The van der Waals surface area contributed by atoms with E-state index in [2.05, 4.69) is 20.6 Å². The van der Waals surface area contributed by atoms with Crippen LogP contribution in [0.1, 0.15) is 37.9 Å². The topological polar surface area (TPSA) is 78.8 Å². The van der Waals surface area contributed by atoms with Gasteiger partial charge in [0.1, 0.15) is 0 Å². The number of aliphatic hydroxyl groups is 1. The summed E-state index contributed by atoms with van der Waals surface area (Å²) in [5.74, 6) is 1.54. The van der Waals surface area contributed by atoms with E-state index in [9.17, 15) is 5.11 Å². The first-order chi connectivity index (χ1) is 11.3. The molecule has 0 bridgehead atoms. The zero-order chi connectivity index (χ0) is 16.3. The molecule has 1 aliphatic carbocycles. The summed E-state index contributed by atoms with van der Waals surface area (Å²) in [6, 6.07) is 3.61. The van der Waals surface area contributed by atoms with Crippen LogP contribution in [0, 0.1) is 5.92 Å². The third-order valence-electron chi connectivity index (χ3n) is 3.67. The van der Waals surface area contributed by atoms with Crippen molar-refractivity contribution in [1.29, 1.82) is 0 Å². The van der Waals surface area contributed by atoms with E-state index in [1.54, 1.807) is 24.5 Å². The lowest BCUT2D eigenvalue weighted by Crippen LogP contribution is -2.38. The molecule has 1 saturated carbocycles. The van der Waals surface area contributed by atoms with Crippen molar-refractivity contribution < 1.29 is 9.84 Å². The van der Waals surface area contributed by atoms with E-state index in [0.29, 0.717) is 6.54 Å². The highest BCUT2D eigenvalue weighted by Gasteiger charge is 2.20. The predicted molar refractivity (Wildman–Crippen MR) is 107 cm³/mol. The lowest BCUT2D eigenvalue weighted by molar-refractivity contribution is 0.123. The average molecular weight is 448 g/mol. The van der Waals surface area contributed by atoms with Crippen molar-refractivity contribution in [1.82, 2.24) is 15.6 Å². The average Bonchev–Trinajstić information content (AvgIpc) is 3.40. The number of hydrogen-bond donors (Lipinski definition) is 3. The largest absolute Gasteiger partial charge is 0.386 e. The van der Waals surface area contributed by atoms with Gasteiger partial charge in [0, 0.05) is 38.7 Å². The normalized spacial score (nSPS) is 15.5. The Hall–Kier alpha value is -0.930. The molecule has 1 aromatic heterocycles. The molecule has 0 spiro atoms. The minimum Gasteiger partial charge on any atom is -0.386 e. The number of pyridine rings is 1. The molecular formula is C17H29IN4O2. The van der Waals surface area contributed by atoms with Crippen LogP contribution >= 0.6 is 24.0 Å². The summed E-state index contributed by atoms with van der Waals surface area (Å²) < 4.78 is 5.61. The molecule has 1 aromatic rings. The smallest absolute Gasteiger partial charge is 0.191 e. The summed E-state index contributed by atoms with van der Waals surface area (Å²) in [7, 11) is 0. The van der Waals surface area contributed by atoms with Gasteiger partial charge in [0.15, 0.2) is 5.96 Å². The number of halogens is 1. The monoisotopic (exact) mass is 448 g/mol. The molecule has 0 aliphatic heterocycles. The van der Waals surface area contributed by atoms with E-state index in [1.807, 2.05) is 6.92 Å². The number of rotatable bonds is 10. The van der Waals surface area contributed by atoms with Gasteiger partial charge in [-0.1, -0.05) is 0 Å². The Kier molecular flexibility index (Phi) is 10.9. The fourth-order valence-electron chi connectivity index (χ4n) is 2.13. The summed E-state index contributed by atoms with van der Waals surface area (Å²) in [4.78, 5) is 8.38. The Bertz CT molecular complexity index is 469. The Labute approximate surface area is 161 Å². The lowest BCUT2D eigenvalue weighted by atomic mass is 10.1. The van der Waals surface area contributed by atoms with Crippen molar-refractivity contribution in [3.8, 4) is 0 Å². The second-order valence-electron chi connectivity index (χ2n) is 5.81. The van der Waals surface area contributed by atoms with E-state index < -0.39 is 6.10 Å². The highest BCUT2D eigenvalue weighted by atomic mass is 127. The second kappa shape index (κ2) is 12.4. The summed E-state index contributed by atoms with van der Waals surface area (Å²) in [5.41, 5.74) is 0.827. The molecule has 24 heavy (non-hydrogen) atoms. The molecule has 1 fully saturated rings. The van der Waals surface area contributed by atoms with Gasteiger partial charge in [-0.15, -0.1) is 24.0 Å². The zero-order valence-electron chi connectivity index (χ0n) is 14.3. The van der Waals surface area contributed by atoms with Crippen LogP contribution in [-0.4, -0.2) is 48.9 Å². The highest BCUT2D eigenvalue weighted by Crippen LogP contribution is 2.28. The number of hydrogen-bond acceptors (Lipinski definition) is 4. The van der Waals surface area contributed by atoms with E-state index in [1.165, 1.54) is 12.8 Å². The summed E-state index contributed by atoms with van der Waals surface area (Å²) in [6.07, 6.45) is 6.34. The van der Waals surface area contributed by atoms with Gasteiger partial charge >= 0.3 is 0 Å². The van der Waals surface area contributed by atoms with Crippen LogP contribution in [-0.2, 0) is 4.74 Å². The lowest BCUT2D eigenvalue weighted by Gasteiger charge is -2.13. The van der Waals surface area contributed by atoms with E-state index in [0.717, 1.165) is 50.2 Å². The molecule has 1 atom stereocenters. The van der Waals surface area contributed by atoms with Crippen LogP contribution in [0.25, 0.3) is 0 Å². The number of nitrogens with one attached hydrogen (secondary N) is 2. The van der Waals surface area contributed by atoms with Crippen molar-refractivity contribution in [3.63, 3.8) is 0 Å². The van der Waals surface area contributed by atoms with Crippen LogP contribution in [0.4, 0.5) is 0 Å². The quantitative estimate of drug-likeness (QED) is 0.221. The summed E-state index contributed by atoms with van der Waals surface area (Å²) in [5, 5.41) is 16.6. The molecule has 2 rings (SSSR count). The minimum atomic E-state index is -0.615. The van der Waals surface area contributed by atoms with Gasteiger partial charge in [0.2, 0.25) is 0 Å². The fourth-order valence-corrected chi connectivity index (χ4v) is 2.13. The number of aliphatic hydroxyl groups excluding tert-OH is 1. The number of guanidine groups is 1. The minimum absolute atomic E-state index is 0. The van der Waals surface area contributed by atoms with Crippen molar-refractivity contribution in [2.45, 2.75) is 32.3 Å². The Morgan fingerprint density at radius 3 is 2.79 bits per heavy atom. The number of ether oxygens (including phenoxy) is 1. The fraction of sp³-hybridized carbons (Fsp3) is 0.647. The van der Waals surface area contributed by atoms with Gasteiger partial charge in [-0.05, 0) is 49.8 Å². The van der Waals surface area contributed by atoms with Crippen LogP contribution in [0.15, 0.2) is 29.5 Å². The van der Waals surface area contributed by atoms with Gasteiger partial charge < -0.3 is 20.5 Å². The third kappa shape index (κ3) is 8.79. The molecule has 0 saturated heterocycles. The van der Waals surface area contributed by atoms with E-state index in [4.69, 9.17) is 4.74 Å². The van der Waals surface area contributed by atoms with Gasteiger partial charge in [-0.25, -0.2) is 0 Å². The van der Waals surface area contributed by atoms with Gasteiger partial charge in [0.05, 0.1) is 12.6 Å². The number of nitrogens with zero attached hydrogens (tertiary/aromatic N) is 2.